The van der Waals surface area contributed by atoms with Gasteiger partial charge in [0, 0.05) is 10.8 Å². The monoisotopic (exact) mass is 326 g/mol. The summed E-state index contributed by atoms with van der Waals surface area (Å²) in [5, 5.41) is 2.62. The van der Waals surface area contributed by atoms with E-state index < -0.39 is 0 Å². The van der Waals surface area contributed by atoms with Crippen LogP contribution in [0, 0.1) is 13.8 Å². The van der Waals surface area contributed by atoms with Crippen molar-refractivity contribution in [2.24, 2.45) is 0 Å². The highest BCUT2D eigenvalue weighted by Crippen LogP contribution is 2.36. The Morgan fingerprint density at radius 3 is 2.00 bits per heavy atom. The van der Waals surface area contributed by atoms with Crippen molar-refractivity contribution in [3.8, 4) is 0 Å². The number of rotatable bonds is 0. The smallest absolute Gasteiger partial charge is 0.138 e. The first-order chi connectivity index (χ1) is 12.2. The van der Waals surface area contributed by atoms with Crippen LogP contribution in [-0.2, 0) is 25.7 Å². The van der Waals surface area contributed by atoms with Crippen LogP contribution < -0.4 is 0 Å². The van der Waals surface area contributed by atoms with E-state index in [4.69, 9.17) is 4.42 Å². The van der Waals surface area contributed by atoms with Gasteiger partial charge >= 0.3 is 0 Å². The predicted octanol–water partition coefficient (Wildman–Crippen LogP) is 6.09. The number of fused-ring (bicyclic) bond motifs is 1. The first-order valence-electron chi connectivity index (χ1n) is 9.21. The van der Waals surface area contributed by atoms with Crippen molar-refractivity contribution < 1.29 is 4.42 Å². The summed E-state index contributed by atoms with van der Waals surface area (Å²) >= 11 is 0. The van der Waals surface area contributed by atoms with Gasteiger partial charge in [0.2, 0.25) is 0 Å². The maximum absolute atomic E-state index is 6.38. The lowest BCUT2D eigenvalue weighted by Gasteiger charge is -2.11. The molecule has 1 nitrogen and oxygen atoms in total. The summed E-state index contributed by atoms with van der Waals surface area (Å²) in [6.45, 7) is 4.35. The lowest BCUT2D eigenvalue weighted by molar-refractivity contribution is 0.661. The summed E-state index contributed by atoms with van der Waals surface area (Å²) < 4.78 is 6.38. The SMILES string of the molecule is Cc1cc2oc3c4ccc(c3c2cc1C)CCc1ccc(cc1)CC4. The molecule has 4 bridgehead atoms. The maximum atomic E-state index is 6.38. The quantitative estimate of drug-likeness (QED) is 0.381. The summed E-state index contributed by atoms with van der Waals surface area (Å²) in [6.07, 6.45) is 4.21. The Balaban J connectivity index is 1.80. The zero-order valence-corrected chi connectivity index (χ0v) is 14.9. The summed E-state index contributed by atoms with van der Waals surface area (Å²) in [5.74, 6) is 0. The Hall–Kier alpha value is -2.54. The molecule has 1 heteroatoms. The van der Waals surface area contributed by atoms with Gasteiger partial charge in [-0.05, 0) is 85.0 Å². The van der Waals surface area contributed by atoms with Crippen LogP contribution in [0.15, 0.2) is 52.9 Å². The molecule has 0 aliphatic heterocycles. The molecule has 4 aliphatic carbocycles. The normalized spacial score (nSPS) is 14.2. The molecule has 124 valence electrons. The zero-order valence-electron chi connectivity index (χ0n) is 14.9. The Bertz CT molecular complexity index is 1100. The standard InChI is InChI=1S/C24H22O/c1-15-13-21-22(14-16(15)2)25-24-20-10-8-18-5-3-17(4-6-18)7-9-19(11-12-20)23(21)24/h3-6,11-14H,7-10H2,1-2H3. The average Bonchev–Trinajstić information content (AvgIpc) is 2.96. The third kappa shape index (κ3) is 2.38. The minimum atomic E-state index is 1.02. The van der Waals surface area contributed by atoms with E-state index in [1.54, 1.807) is 0 Å². The molecule has 0 saturated carbocycles. The van der Waals surface area contributed by atoms with Crippen molar-refractivity contribution in [3.05, 3.63) is 81.9 Å². The zero-order chi connectivity index (χ0) is 17.0. The number of benzene rings is 3. The molecule has 0 radical (unpaired) electrons. The van der Waals surface area contributed by atoms with Crippen molar-refractivity contribution >= 4 is 21.9 Å². The van der Waals surface area contributed by atoms with Crippen molar-refractivity contribution in [2.75, 3.05) is 0 Å². The Kier molecular flexibility index (Phi) is 3.24. The second kappa shape index (κ2) is 5.49. The van der Waals surface area contributed by atoms with Crippen LogP contribution >= 0.6 is 0 Å². The van der Waals surface area contributed by atoms with Gasteiger partial charge < -0.3 is 4.42 Å². The summed E-state index contributed by atoms with van der Waals surface area (Å²) in [7, 11) is 0. The molecular weight excluding hydrogens is 304 g/mol. The molecule has 0 N–H and O–H groups in total. The Morgan fingerprint density at radius 2 is 1.28 bits per heavy atom. The van der Waals surface area contributed by atoms with E-state index in [-0.39, 0.29) is 0 Å². The van der Waals surface area contributed by atoms with Gasteiger partial charge in [0.05, 0.1) is 0 Å². The van der Waals surface area contributed by atoms with Crippen LogP contribution in [0.25, 0.3) is 21.9 Å². The van der Waals surface area contributed by atoms with Crippen LogP contribution in [0.4, 0.5) is 0 Å². The summed E-state index contributed by atoms with van der Waals surface area (Å²) in [5.41, 5.74) is 10.3. The lowest BCUT2D eigenvalue weighted by atomic mass is 9.93. The minimum absolute atomic E-state index is 1.02. The predicted molar refractivity (Wildman–Crippen MR) is 104 cm³/mol. The molecule has 0 unspecified atom stereocenters. The second-order valence-corrected chi connectivity index (χ2v) is 7.44. The van der Waals surface area contributed by atoms with Crippen molar-refractivity contribution in [1.82, 2.24) is 0 Å². The van der Waals surface area contributed by atoms with Crippen molar-refractivity contribution in [2.45, 2.75) is 39.5 Å². The number of aryl methyl sites for hydroxylation is 6. The van der Waals surface area contributed by atoms with Crippen molar-refractivity contribution in [3.63, 3.8) is 0 Å². The molecule has 3 aromatic carbocycles. The molecule has 25 heavy (non-hydrogen) atoms. The van der Waals surface area contributed by atoms with Crippen molar-refractivity contribution in [1.29, 1.82) is 0 Å². The van der Waals surface area contributed by atoms with Gasteiger partial charge in [-0.3, -0.25) is 0 Å². The highest BCUT2D eigenvalue weighted by Gasteiger charge is 2.16. The fraction of sp³-hybridized carbons (Fsp3) is 0.250. The largest absolute Gasteiger partial charge is 0.456 e. The molecule has 0 amide bonds. The molecule has 0 spiro atoms. The molecule has 0 fully saturated rings. The summed E-state index contributed by atoms with van der Waals surface area (Å²) in [6, 6.07) is 18.3. The van der Waals surface area contributed by atoms with Gasteiger partial charge in [0.25, 0.3) is 0 Å². The number of hydrogen-bond donors (Lipinski definition) is 0. The molecule has 1 aromatic heterocycles. The second-order valence-electron chi connectivity index (χ2n) is 7.44. The molecule has 0 saturated heterocycles. The lowest BCUT2D eigenvalue weighted by Crippen LogP contribution is -1.98. The molecule has 4 aliphatic rings. The molecular formula is C24H22O. The Labute approximate surface area is 148 Å². The van der Waals surface area contributed by atoms with E-state index in [2.05, 4.69) is 62.4 Å². The molecule has 0 atom stereocenters. The van der Waals surface area contributed by atoms with Gasteiger partial charge in [-0.1, -0.05) is 36.4 Å². The molecule has 1 heterocycles. The fourth-order valence-electron chi connectivity index (χ4n) is 4.09. The summed E-state index contributed by atoms with van der Waals surface area (Å²) in [4.78, 5) is 0. The molecule has 4 aromatic rings. The first kappa shape index (κ1) is 14.8. The molecule has 8 rings (SSSR count). The van der Waals surface area contributed by atoms with Crippen LogP contribution in [0.3, 0.4) is 0 Å². The van der Waals surface area contributed by atoms with E-state index in [0.29, 0.717) is 0 Å². The van der Waals surface area contributed by atoms with Gasteiger partial charge in [-0.2, -0.15) is 0 Å². The van der Waals surface area contributed by atoms with E-state index in [9.17, 15) is 0 Å². The van der Waals surface area contributed by atoms with Crippen LogP contribution in [0.1, 0.15) is 33.4 Å². The van der Waals surface area contributed by atoms with Gasteiger partial charge in [0.15, 0.2) is 0 Å². The van der Waals surface area contributed by atoms with E-state index in [0.717, 1.165) is 36.8 Å². The van der Waals surface area contributed by atoms with E-state index >= 15 is 0 Å². The van der Waals surface area contributed by atoms with Gasteiger partial charge in [0.1, 0.15) is 11.2 Å². The Morgan fingerprint density at radius 1 is 0.680 bits per heavy atom. The third-order valence-corrected chi connectivity index (χ3v) is 5.79. The number of hydrogen-bond acceptors (Lipinski definition) is 1. The van der Waals surface area contributed by atoms with Gasteiger partial charge in [-0.15, -0.1) is 0 Å². The maximum Gasteiger partial charge on any atom is 0.138 e. The first-order valence-corrected chi connectivity index (χ1v) is 9.21. The van der Waals surface area contributed by atoms with Gasteiger partial charge in [-0.25, -0.2) is 0 Å². The van der Waals surface area contributed by atoms with Crippen LogP contribution in [-0.4, -0.2) is 0 Å². The highest BCUT2D eigenvalue weighted by molar-refractivity contribution is 6.08. The van der Waals surface area contributed by atoms with Crippen LogP contribution in [0.2, 0.25) is 0 Å². The third-order valence-electron chi connectivity index (χ3n) is 5.79. The topological polar surface area (TPSA) is 13.1 Å². The van der Waals surface area contributed by atoms with E-state index in [1.165, 1.54) is 44.2 Å². The average molecular weight is 326 g/mol. The minimum Gasteiger partial charge on any atom is -0.456 e. The fourth-order valence-corrected chi connectivity index (χ4v) is 4.09. The van der Waals surface area contributed by atoms with Crippen LogP contribution in [0.5, 0.6) is 0 Å². The highest BCUT2D eigenvalue weighted by atomic mass is 16.3. The van der Waals surface area contributed by atoms with E-state index in [1.807, 2.05) is 0 Å². The number of furan rings is 1.